The van der Waals surface area contributed by atoms with Gasteiger partial charge in [0.2, 0.25) is 5.71 Å². The van der Waals surface area contributed by atoms with Gasteiger partial charge in [-0.15, -0.1) is 0 Å². The Balaban J connectivity index is 2.00. The van der Waals surface area contributed by atoms with Crippen LogP contribution in [0.25, 0.3) is 0 Å². The van der Waals surface area contributed by atoms with Crippen molar-refractivity contribution < 1.29 is 19.5 Å². The molecular formula is C15H11BrNO5-. The van der Waals surface area contributed by atoms with E-state index in [1.807, 2.05) is 0 Å². The number of ether oxygens (including phenoxy) is 1. The highest BCUT2D eigenvalue weighted by molar-refractivity contribution is 9.10. The minimum atomic E-state index is -0.569. The summed E-state index contributed by atoms with van der Waals surface area (Å²) in [5.41, 5.74) is 0.636. The second-order valence-corrected chi connectivity index (χ2v) is 5.25. The first-order chi connectivity index (χ1) is 10.5. The average molecular weight is 365 g/mol. The van der Waals surface area contributed by atoms with Gasteiger partial charge >= 0.3 is 5.97 Å². The maximum atomic E-state index is 11.8. The number of benzene rings is 1. The van der Waals surface area contributed by atoms with Gasteiger partial charge in [0.25, 0.3) is 0 Å². The first kappa shape index (κ1) is 15.8. The number of carbonyl (C=O) groups excluding carboxylic acids is 1. The third-order valence-electron chi connectivity index (χ3n) is 2.83. The van der Waals surface area contributed by atoms with E-state index < -0.39 is 10.9 Å². The topological polar surface area (TPSA) is 95.7 Å². The molecule has 0 amide bonds. The smallest absolute Gasteiger partial charge is 0.338 e. The number of hydrogen-bond donors (Lipinski definition) is 1. The Labute approximate surface area is 134 Å². The molecule has 7 heteroatoms. The zero-order valence-electron chi connectivity index (χ0n) is 11.2. The maximum Gasteiger partial charge on any atom is 0.338 e. The highest BCUT2D eigenvalue weighted by Crippen LogP contribution is 2.14. The summed E-state index contributed by atoms with van der Waals surface area (Å²) < 4.78 is 5.82. The number of allylic oxidation sites excluding steroid dienone is 5. The largest absolute Gasteiger partial charge is 0.612 e. The van der Waals surface area contributed by atoms with E-state index >= 15 is 0 Å². The van der Waals surface area contributed by atoms with Crippen molar-refractivity contribution in [2.75, 3.05) is 6.61 Å². The van der Waals surface area contributed by atoms with Crippen LogP contribution in [0, 0.1) is 10.4 Å². The normalized spacial score (nSPS) is 13.1. The highest BCUT2D eigenvalue weighted by atomic mass is 79.9. The zero-order chi connectivity index (χ0) is 16.1. The van der Waals surface area contributed by atoms with Crippen molar-refractivity contribution in [2.45, 2.75) is 0 Å². The van der Waals surface area contributed by atoms with Gasteiger partial charge in [-0.05, 0) is 36.4 Å². The first-order valence-corrected chi connectivity index (χ1v) is 6.99. The lowest BCUT2D eigenvalue weighted by Gasteiger charge is -2.10. The number of aliphatic hydroxyl groups excluding tert-OH is 1. The van der Waals surface area contributed by atoms with Crippen LogP contribution in [0.1, 0.15) is 10.4 Å². The van der Waals surface area contributed by atoms with Gasteiger partial charge in [0.1, 0.15) is 12.4 Å². The van der Waals surface area contributed by atoms with Crippen molar-refractivity contribution in [1.82, 2.24) is 0 Å². The van der Waals surface area contributed by atoms with Crippen LogP contribution in [0.2, 0.25) is 0 Å². The van der Waals surface area contributed by atoms with E-state index in [0.29, 0.717) is 11.1 Å². The van der Waals surface area contributed by atoms with Crippen molar-refractivity contribution in [3.63, 3.8) is 0 Å². The summed E-state index contributed by atoms with van der Waals surface area (Å²) in [6.45, 7) is -0.313. The van der Waals surface area contributed by atoms with E-state index in [1.165, 1.54) is 24.3 Å². The predicted molar refractivity (Wildman–Crippen MR) is 84.4 cm³/mol. The molecule has 6 nitrogen and oxygen atoms in total. The average Bonchev–Trinajstić information content (AvgIpc) is 2.53. The quantitative estimate of drug-likeness (QED) is 0.385. The molecule has 114 valence electrons. The fourth-order valence-corrected chi connectivity index (χ4v) is 1.93. The van der Waals surface area contributed by atoms with Crippen LogP contribution in [-0.4, -0.2) is 28.3 Å². The summed E-state index contributed by atoms with van der Waals surface area (Å²) in [6.07, 6.45) is 5.31. The van der Waals surface area contributed by atoms with Gasteiger partial charge in [0.15, 0.2) is 0 Å². The molecule has 1 aromatic carbocycles. The van der Waals surface area contributed by atoms with Gasteiger partial charge in [-0.25, -0.2) is 4.79 Å². The Morgan fingerprint density at radius 1 is 1.14 bits per heavy atom. The molecule has 1 aromatic rings. The van der Waals surface area contributed by atoms with Crippen LogP contribution < -0.4 is 0 Å². The summed E-state index contributed by atoms with van der Waals surface area (Å²) >= 11 is 3.26. The van der Waals surface area contributed by atoms with E-state index in [9.17, 15) is 20.3 Å². The molecule has 0 radical (unpaired) electrons. The summed E-state index contributed by atoms with van der Waals surface area (Å²) in [7, 11) is 0. The van der Waals surface area contributed by atoms with Crippen molar-refractivity contribution >= 4 is 27.6 Å². The van der Waals surface area contributed by atoms with Crippen LogP contribution >= 0.6 is 15.9 Å². The number of halogens is 1. The van der Waals surface area contributed by atoms with Gasteiger partial charge in [0.05, 0.1) is 5.56 Å². The van der Waals surface area contributed by atoms with Crippen molar-refractivity contribution in [3.8, 4) is 0 Å². The molecule has 0 heterocycles. The molecule has 0 bridgehead atoms. The van der Waals surface area contributed by atoms with Gasteiger partial charge < -0.3 is 20.3 Å². The van der Waals surface area contributed by atoms with Gasteiger partial charge in [-0.1, -0.05) is 15.9 Å². The Kier molecular flexibility index (Phi) is 5.00. The molecule has 0 atom stereocenters. The van der Waals surface area contributed by atoms with E-state index in [1.54, 1.807) is 24.3 Å². The number of esters is 1. The molecule has 0 aromatic heterocycles. The third kappa shape index (κ3) is 3.98. The molecule has 0 saturated carbocycles. The van der Waals surface area contributed by atoms with Crippen molar-refractivity contribution in [1.29, 1.82) is 0 Å². The fourth-order valence-electron chi connectivity index (χ4n) is 1.66. The fraction of sp³-hybridized carbons (Fsp3) is 0.0667. The zero-order valence-corrected chi connectivity index (χ0v) is 12.8. The van der Waals surface area contributed by atoms with Crippen LogP contribution in [0.3, 0.4) is 0 Å². The molecule has 2 rings (SSSR count). The SMILES string of the molecule is O=C(OCC(O)=C1C=CC(=[N+]([O-])[O-])C=C1)c1ccc(Br)cc1. The summed E-state index contributed by atoms with van der Waals surface area (Å²) in [4.78, 5) is 11.3. The molecule has 22 heavy (non-hydrogen) atoms. The van der Waals surface area contributed by atoms with E-state index in [-0.39, 0.29) is 18.1 Å². The second kappa shape index (κ2) is 6.95. The Morgan fingerprint density at radius 3 is 2.27 bits per heavy atom. The number of carbonyl (C=O) groups is 1. The standard InChI is InChI=1S/C15H11BrNO5/c16-12-5-1-11(2-6-12)15(19)22-9-14(18)10-3-7-13(8-4-10)17(20)21/h1-8H,9H2,(H-,18,20,21)/q-1. The molecule has 1 aliphatic carbocycles. The van der Waals surface area contributed by atoms with Crippen molar-refractivity contribution in [3.05, 3.63) is 80.4 Å². The molecule has 0 unspecified atom stereocenters. The Morgan fingerprint density at radius 2 is 1.73 bits per heavy atom. The lowest BCUT2D eigenvalue weighted by atomic mass is 10.1. The molecule has 0 saturated heterocycles. The van der Waals surface area contributed by atoms with E-state index in [4.69, 9.17) is 4.74 Å². The van der Waals surface area contributed by atoms with Gasteiger partial charge in [-0.2, -0.15) is 4.90 Å². The van der Waals surface area contributed by atoms with Crippen LogP contribution in [-0.2, 0) is 4.74 Å². The second-order valence-electron chi connectivity index (χ2n) is 4.33. The molecule has 0 fully saturated rings. The van der Waals surface area contributed by atoms with Gasteiger partial charge in [0, 0.05) is 22.2 Å². The Hall–Kier alpha value is -2.54. The lowest BCUT2D eigenvalue weighted by Crippen LogP contribution is -2.10. The Bertz CT molecular complexity index is 679. The molecule has 1 N–H and O–H groups in total. The van der Waals surface area contributed by atoms with Crippen LogP contribution in [0.4, 0.5) is 0 Å². The summed E-state index contributed by atoms with van der Waals surface area (Å²) in [5.74, 6) is -0.749. The first-order valence-electron chi connectivity index (χ1n) is 6.19. The molecule has 1 aliphatic rings. The minimum absolute atomic E-state index is 0.0802. The van der Waals surface area contributed by atoms with Crippen LogP contribution in [0.5, 0.6) is 0 Å². The summed E-state index contributed by atoms with van der Waals surface area (Å²) in [6, 6.07) is 6.59. The molecular weight excluding hydrogens is 354 g/mol. The lowest BCUT2D eigenvalue weighted by molar-refractivity contribution is -0.377. The number of hydrogen-bond acceptors (Lipinski definition) is 5. The number of nitrogens with zero attached hydrogens (tertiary/aromatic N) is 1. The number of aliphatic hydroxyl groups is 1. The van der Waals surface area contributed by atoms with Crippen molar-refractivity contribution in [2.24, 2.45) is 0 Å². The molecule has 0 aliphatic heterocycles. The third-order valence-corrected chi connectivity index (χ3v) is 3.36. The monoisotopic (exact) mass is 364 g/mol. The van der Waals surface area contributed by atoms with E-state index in [0.717, 1.165) is 4.47 Å². The molecule has 0 spiro atoms. The predicted octanol–water partition coefficient (Wildman–Crippen LogP) is 2.99. The van der Waals surface area contributed by atoms with Gasteiger partial charge in [-0.3, -0.25) is 0 Å². The summed E-state index contributed by atoms with van der Waals surface area (Å²) in [5, 5.41) is 30.9. The minimum Gasteiger partial charge on any atom is -0.612 e. The number of rotatable bonds is 3. The highest BCUT2D eigenvalue weighted by Gasteiger charge is 2.11. The van der Waals surface area contributed by atoms with E-state index in [2.05, 4.69) is 15.9 Å². The maximum absolute atomic E-state index is 11.8. The van der Waals surface area contributed by atoms with Crippen LogP contribution in [0.15, 0.2) is 64.4 Å².